The highest BCUT2D eigenvalue weighted by molar-refractivity contribution is 9.10. The Morgan fingerprint density at radius 1 is 1.62 bits per heavy atom. The normalized spacial score (nSPS) is 9.62. The van der Waals surface area contributed by atoms with Crippen molar-refractivity contribution in [1.82, 2.24) is 4.98 Å². The molecule has 0 aliphatic carbocycles. The molecular weight excluding hydrogens is 242 g/mol. The summed E-state index contributed by atoms with van der Waals surface area (Å²) in [5, 5.41) is 10.3. The van der Waals surface area contributed by atoms with Crippen LogP contribution >= 0.6 is 15.9 Å². The summed E-state index contributed by atoms with van der Waals surface area (Å²) >= 11 is 2.99. The van der Waals surface area contributed by atoms with Gasteiger partial charge in [0.2, 0.25) is 0 Å². The van der Waals surface area contributed by atoms with Crippen LogP contribution in [0.2, 0.25) is 0 Å². The van der Waals surface area contributed by atoms with Crippen molar-refractivity contribution in [3.63, 3.8) is 0 Å². The number of nitrogens with two attached hydrogens (primary N) is 1. The van der Waals surface area contributed by atoms with Crippen LogP contribution < -0.4 is 5.73 Å². The maximum atomic E-state index is 10.7. The van der Waals surface area contributed by atoms with Crippen molar-refractivity contribution in [3.05, 3.63) is 32.4 Å². The van der Waals surface area contributed by atoms with Crippen LogP contribution in [0.1, 0.15) is 10.5 Å². The summed E-state index contributed by atoms with van der Waals surface area (Å²) in [6.07, 6.45) is 0. The van der Waals surface area contributed by atoms with Gasteiger partial charge in [-0.2, -0.15) is 0 Å². The highest BCUT2D eigenvalue weighted by Crippen LogP contribution is 2.17. The summed E-state index contributed by atoms with van der Waals surface area (Å²) in [6.45, 7) is 0. The van der Waals surface area contributed by atoms with Crippen LogP contribution in [0.25, 0.3) is 0 Å². The molecule has 0 saturated heterocycles. The van der Waals surface area contributed by atoms with Crippen molar-refractivity contribution in [1.29, 1.82) is 0 Å². The summed E-state index contributed by atoms with van der Waals surface area (Å²) in [5.41, 5.74) is 4.79. The number of halogens is 1. The fraction of sp³-hybridized carbons (Fsp3) is 0. The number of hydrogen-bond acceptors (Lipinski definition) is 4. The van der Waals surface area contributed by atoms with Gasteiger partial charge in [-0.3, -0.25) is 4.79 Å². The molecule has 0 bridgehead atoms. The molecule has 0 atom stereocenters. The van der Waals surface area contributed by atoms with Crippen molar-refractivity contribution >= 4 is 27.7 Å². The lowest BCUT2D eigenvalue weighted by molar-refractivity contribution is -0.389. The molecule has 0 fully saturated rings. The lowest BCUT2D eigenvalue weighted by atomic mass is 10.3. The molecule has 68 valence electrons. The third-order valence-electron chi connectivity index (χ3n) is 1.25. The lowest BCUT2D eigenvalue weighted by Crippen LogP contribution is -2.14. The summed E-state index contributed by atoms with van der Waals surface area (Å²) in [5.74, 6) is -1.22. The quantitative estimate of drug-likeness (QED) is 0.617. The Morgan fingerprint density at radius 2 is 2.23 bits per heavy atom. The van der Waals surface area contributed by atoms with Crippen LogP contribution in [0.5, 0.6) is 0 Å². The first kappa shape index (κ1) is 9.59. The molecule has 0 radical (unpaired) electrons. The zero-order valence-corrected chi connectivity index (χ0v) is 7.82. The standard InChI is InChI=1S/C6H4BrN3O3/c7-3-1-2-4(10(12)13)9-5(3)6(8)11/h1-2H,(H2,8,11). The molecule has 1 rings (SSSR count). The van der Waals surface area contributed by atoms with E-state index in [9.17, 15) is 14.9 Å². The number of carbonyl (C=O) groups excluding carboxylic acids is 1. The van der Waals surface area contributed by atoms with Gasteiger partial charge in [0.25, 0.3) is 11.6 Å². The van der Waals surface area contributed by atoms with Gasteiger partial charge in [-0.1, -0.05) is 0 Å². The minimum absolute atomic E-state index is 0.144. The molecule has 1 heterocycles. The van der Waals surface area contributed by atoms with Crippen molar-refractivity contribution in [2.24, 2.45) is 5.73 Å². The smallest absolute Gasteiger partial charge is 0.362 e. The number of pyridine rings is 1. The summed E-state index contributed by atoms with van der Waals surface area (Å²) in [7, 11) is 0. The van der Waals surface area contributed by atoms with E-state index in [0.717, 1.165) is 0 Å². The molecule has 0 aromatic carbocycles. The van der Waals surface area contributed by atoms with E-state index in [0.29, 0.717) is 4.47 Å². The predicted molar refractivity (Wildman–Crippen MR) is 47.1 cm³/mol. The minimum atomic E-state index is -0.810. The Morgan fingerprint density at radius 3 is 2.69 bits per heavy atom. The second kappa shape index (κ2) is 3.48. The highest BCUT2D eigenvalue weighted by Gasteiger charge is 2.17. The topological polar surface area (TPSA) is 99.1 Å². The molecule has 6 nitrogen and oxygen atoms in total. The van der Waals surface area contributed by atoms with Crippen LogP contribution in [0, 0.1) is 10.1 Å². The number of aromatic nitrogens is 1. The van der Waals surface area contributed by atoms with Gasteiger partial charge in [-0.25, -0.2) is 0 Å². The van der Waals surface area contributed by atoms with Crippen LogP contribution in [0.15, 0.2) is 16.6 Å². The van der Waals surface area contributed by atoms with Crippen LogP contribution in [0.3, 0.4) is 0 Å². The fourth-order valence-corrected chi connectivity index (χ4v) is 1.12. The van der Waals surface area contributed by atoms with Gasteiger partial charge in [0.05, 0.1) is 4.47 Å². The molecule has 7 heteroatoms. The first-order valence-electron chi connectivity index (χ1n) is 3.13. The molecule has 2 N–H and O–H groups in total. The van der Waals surface area contributed by atoms with Gasteiger partial charge >= 0.3 is 5.82 Å². The van der Waals surface area contributed by atoms with Crippen LogP contribution in [0.4, 0.5) is 5.82 Å². The Labute approximate surface area is 81.0 Å². The Bertz CT molecular complexity index is 379. The first-order chi connectivity index (χ1) is 6.02. The number of nitrogens with zero attached hydrogens (tertiary/aromatic N) is 2. The van der Waals surface area contributed by atoms with Crippen molar-refractivity contribution < 1.29 is 9.72 Å². The van der Waals surface area contributed by atoms with E-state index in [-0.39, 0.29) is 5.69 Å². The van der Waals surface area contributed by atoms with Gasteiger partial charge in [-0.05, 0) is 31.9 Å². The molecule has 1 amide bonds. The van der Waals surface area contributed by atoms with E-state index in [1.165, 1.54) is 12.1 Å². The highest BCUT2D eigenvalue weighted by atomic mass is 79.9. The van der Waals surface area contributed by atoms with E-state index < -0.39 is 16.6 Å². The number of nitro groups is 1. The number of rotatable bonds is 2. The largest absolute Gasteiger partial charge is 0.364 e. The molecule has 1 aromatic rings. The van der Waals surface area contributed by atoms with Crippen LogP contribution in [-0.4, -0.2) is 15.8 Å². The number of amides is 1. The SMILES string of the molecule is NC(=O)c1nc([N+](=O)[O-])ccc1Br. The Hall–Kier alpha value is -1.50. The molecule has 0 aliphatic heterocycles. The van der Waals surface area contributed by atoms with Crippen molar-refractivity contribution in [3.8, 4) is 0 Å². The van der Waals surface area contributed by atoms with Crippen molar-refractivity contribution in [2.45, 2.75) is 0 Å². The van der Waals surface area contributed by atoms with Crippen LogP contribution in [-0.2, 0) is 0 Å². The average molecular weight is 246 g/mol. The third kappa shape index (κ3) is 2.00. The number of primary amides is 1. The second-order valence-corrected chi connectivity index (χ2v) is 2.98. The van der Waals surface area contributed by atoms with Gasteiger partial charge < -0.3 is 15.8 Å². The molecule has 0 aliphatic rings. The number of carbonyl (C=O) groups is 1. The van der Waals surface area contributed by atoms with E-state index in [2.05, 4.69) is 20.9 Å². The molecule has 0 saturated carbocycles. The van der Waals surface area contributed by atoms with E-state index in [4.69, 9.17) is 5.73 Å². The first-order valence-corrected chi connectivity index (χ1v) is 3.92. The van der Waals surface area contributed by atoms with E-state index >= 15 is 0 Å². The maximum absolute atomic E-state index is 10.7. The zero-order chi connectivity index (χ0) is 10.0. The second-order valence-electron chi connectivity index (χ2n) is 2.12. The van der Waals surface area contributed by atoms with Gasteiger partial charge in [0, 0.05) is 6.07 Å². The van der Waals surface area contributed by atoms with Gasteiger partial charge in [0.1, 0.15) is 0 Å². The molecule has 13 heavy (non-hydrogen) atoms. The fourth-order valence-electron chi connectivity index (χ4n) is 0.706. The zero-order valence-electron chi connectivity index (χ0n) is 6.23. The number of hydrogen-bond donors (Lipinski definition) is 1. The van der Waals surface area contributed by atoms with E-state index in [1.807, 2.05) is 0 Å². The van der Waals surface area contributed by atoms with Gasteiger partial charge in [-0.15, -0.1) is 0 Å². The maximum Gasteiger partial charge on any atom is 0.364 e. The summed E-state index contributed by atoms with van der Waals surface area (Å²) in [4.78, 5) is 23.7. The molecule has 1 aromatic heterocycles. The minimum Gasteiger partial charge on any atom is -0.362 e. The summed E-state index contributed by atoms with van der Waals surface area (Å²) in [6, 6.07) is 2.53. The van der Waals surface area contributed by atoms with E-state index in [1.54, 1.807) is 0 Å². The van der Waals surface area contributed by atoms with Crippen molar-refractivity contribution in [2.75, 3.05) is 0 Å². The molecule has 0 spiro atoms. The lowest BCUT2D eigenvalue weighted by Gasteiger charge is -1.94. The average Bonchev–Trinajstić information content (AvgIpc) is 2.04. The molecule has 0 unspecified atom stereocenters. The Balaban J connectivity index is 3.27. The van der Waals surface area contributed by atoms with Gasteiger partial charge in [0.15, 0.2) is 0 Å². The third-order valence-corrected chi connectivity index (χ3v) is 1.89. The predicted octanol–water partition coefficient (Wildman–Crippen LogP) is 0.851. The molecular formula is C6H4BrN3O3. The Kier molecular flexibility index (Phi) is 2.57. The summed E-state index contributed by atoms with van der Waals surface area (Å²) < 4.78 is 0.339. The monoisotopic (exact) mass is 245 g/mol.